The van der Waals surface area contributed by atoms with Gasteiger partial charge in [-0.15, -0.1) is 0 Å². The molecule has 0 bridgehead atoms. The zero-order valence-electron chi connectivity index (χ0n) is 16.3. The van der Waals surface area contributed by atoms with E-state index in [4.69, 9.17) is 0 Å². The molecule has 0 aliphatic rings. The van der Waals surface area contributed by atoms with Gasteiger partial charge in [0.25, 0.3) is 5.91 Å². The molecule has 27 heavy (non-hydrogen) atoms. The third-order valence-electron chi connectivity index (χ3n) is 4.58. The molecule has 0 aliphatic carbocycles. The Balaban J connectivity index is 2.20. The monoisotopic (exact) mass is 369 g/mol. The molecular formula is C22H27NO4. The van der Waals surface area contributed by atoms with Gasteiger partial charge >= 0.3 is 0 Å². The Morgan fingerprint density at radius 2 is 1.85 bits per heavy atom. The van der Waals surface area contributed by atoms with E-state index in [1.54, 1.807) is 25.1 Å². The molecule has 2 rings (SSSR count). The number of carbonyl (C=O) groups excluding carboxylic acids is 2. The van der Waals surface area contributed by atoms with Gasteiger partial charge < -0.3 is 10.2 Å². The van der Waals surface area contributed by atoms with E-state index in [2.05, 4.69) is 6.08 Å². The van der Waals surface area contributed by atoms with Crippen molar-refractivity contribution in [3.05, 3.63) is 58.8 Å². The summed E-state index contributed by atoms with van der Waals surface area (Å²) in [5, 5.41) is 20.6. The Labute approximate surface area is 160 Å². The summed E-state index contributed by atoms with van der Waals surface area (Å²) < 4.78 is 0.929. The van der Waals surface area contributed by atoms with Gasteiger partial charge in [0.05, 0.1) is 6.20 Å². The first-order valence-corrected chi connectivity index (χ1v) is 9.12. The molecule has 5 nitrogen and oxygen atoms in total. The van der Waals surface area contributed by atoms with Crippen LogP contribution < -0.4 is 0 Å². The maximum absolute atomic E-state index is 12.7. The average molecular weight is 369 g/mol. The number of hydrogen-bond donors (Lipinski definition) is 2. The third kappa shape index (κ3) is 4.88. The van der Waals surface area contributed by atoms with Gasteiger partial charge in [-0.1, -0.05) is 36.8 Å². The van der Waals surface area contributed by atoms with Crippen molar-refractivity contribution >= 4 is 11.7 Å². The van der Waals surface area contributed by atoms with Crippen molar-refractivity contribution in [2.24, 2.45) is 5.92 Å². The van der Waals surface area contributed by atoms with Crippen LogP contribution >= 0.6 is 0 Å². The number of allylic oxidation sites excluding steroid dienone is 2. The van der Waals surface area contributed by atoms with Gasteiger partial charge in [-0.2, -0.15) is 0 Å². The van der Waals surface area contributed by atoms with Crippen LogP contribution in [0.2, 0.25) is 0 Å². The minimum Gasteiger partial charge on any atom is -0.505 e. The van der Waals surface area contributed by atoms with Crippen LogP contribution in [-0.2, 0) is 0 Å². The van der Waals surface area contributed by atoms with Gasteiger partial charge in [0.1, 0.15) is 11.3 Å². The van der Waals surface area contributed by atoms with Gasteiger partial charge in [-0.05, 0) is 51.2 Å². The molecule has 0 saturated carbocycles. The van der Waals surface area contributed by atoms with Crippen molar-refractivity contribution < 1.29 is 19.8 Å². The second-order valence-electron chi connectivity index (χ2n) is 7.29. The lowest BCUT2D eigenvalue weighted by Gasteiger charge is -2.10. The molecule has 0 fully saturated rings. The first kappa shape index (κ1) is 20.5. The normalized spacial score (nSPS) is 11.9. The topological polar surface area (TPSA) is 79.5 Å². The molecule has 2 aromatic rings. The number of rotatable bonds is 7. The zero-order chi connectivity index (χ0) is 20.1. The van der Waals surface area contributed by atoms with Crippen LogP contribution in [0.1, 0.15) is 66.3 Å². The summed E-state index contributed by atoms with van der Waals surface area (Å²) in [6.07, 6.45) is 5.13. The molecule has 1 aromatic heterocycles. The van der Waals surface area contributed by atoms with Crippen LogP contribution in [0.5, 0.6) is 11.6 Å². The van der Waals surface area contributed by atoms with Gasteiger partial charge in [0.15, 0.2) is 5.78 Å². The predicted octanol–water partition coefficient (Wildman–Crippen LogP) is 4.85. The van der Waals surface area contributed by atoms with E-state index in [1.807, 2.05) is 26.8 Å². The fourth-order valence-electron chi connectivity index (χ4n) is 3.03. The molecule has 144 valence electrons. The number of carbonyl (C=O) groups is 2. The minimum absolute atomic E-state index is 0.0994. The highest BCUT2D eigenvalue weighted by Crippen LogP contribution is 2.33. The second kappa shape index (κ2) is 8.71. The fraction of sp³-hybridized carbons (Fsp3) is 0.364. The summed E-state index contributed by atoms with van der Waals surface area (Å²) in [6, 6.07) is 6.96. The van der Waals surface area contributed by atoms with Crippen LogP contribution in [0.25, 0.3) is 0 Å². The summed E-state index contributed by atoms with van der Waals surface area (Å²) >= 11 is 0. The smallest absolute Gasteiger partial charge is 0.265 e. The Morgan fingerprint density at radius 3 is 2.48 bits per heavy atom. The number of aryl methyl sites for hydroxylation is 1. The Bertz CT molecular complexity index is 872. The van der Waals surface area contributed by atoms with E-state index in [0.717, 1.165) is 29.2 Å². The van der Waals surface area contributed by atoms with Gasteiger partial charge in [0, 0.05) is 12.0 Å². The number of aromatic hydroxyl groups is 2. The van der Waals surface area contributed by atoms with Crippen molar-refractivity contribution in [2.45, 2.75) is 47.0 Å². The largest absolute Gasteiger partial charge is 0.505 e. The standard InChI is InChI=1S/C22H27NO4/c1-14(2)8-7-9-15(3)12-18(24)20-19(25)13-23(22(20)27)21(26)17-11-6-5-10-16(17)4/h5-6,8,10-11,13,15,25,27H,7,9,12H2,1-4H3. The van der Waals surface area contributed by atoms with Crippen molar-refractivity contribution in [1.82, 2.24) is 4.57 Å². The summed E-state index contributed by atoms with van der Waals surface area (Å²) in [4.78, 5) is 25.3. The highest BCUT2D eigenvalue weighted by atomic mass is 16.3. The highest BCUT2D eigenvalue weighted by molar-refractivity contribution is 6.05. The van der Waals surface area contributed by atoms with Crippen LogP contribution in [-0.4, -0.2) is 26.5 Å². The number of nitrogens with zero attached hydrogens (tertiary/aromatic N) is 1. The maximum atomic E-state index is 12.7. The first-order chi connectivity index (χ1) is 12.7. The van der Waals surface area contributed by atoms with Gasteiger partial charge in [-0.25, -0.2) is 4.57 Å². The average Bonchev–Trinajstić information content (AvgIpc) is 2.88. The zero-order valence-corrected chi connectivity index (χ0v) is 16.3. The predicted molar refractivity (Wildman–Crippen MR) is 105 cm³/mol. The van der Waals surface area contributed by atoms with Crippen molar-refractivity contribution in [3.8, 4) is 11.6 Å². The summed E-state index contributed by atoms with van der Waals surface area (Å²) in [6.45, 7) is 7.80. The Morgan fingerprint density at radius 1 is 1.19 bits per heavy atom. The molecule has 0 amide bonds. The highest BCUT2D eigenvalue weighted by Gasteiger charge is 2.26. The van der Waals surface area contributed by atoms with Crippen molar-refractivity contribution in [2.75, 3.05) is 0 Å². The molecule has 0 saturated heterocycles. The Hall–Kier alpha value is -2.82. The van der Waals surface area contributed by atoms with Crippen LogP contribution in [0.4, 0.5) is 0 Å². The van der Waals surface area contributed by atoms with Crippen LogP contribution in [0.15, 0.2) is 42.1 Å². The van der Waals surface area contributed by atoms with E-state index < -0.39 is 11.8 Å². The molecule has 0 aliphatic heterocycles. The van der Waals surface area contributed by atoms with Crippen molar-refractivity contribution in [1.29, 1.82) is 0 Å². The van der Waals surface area contributed by atoms with E-state index in [1.165, 1.54) is 5.57 Å². The molecule has 1 aromatic carbocycles. The molecular weight excluding hydrogens is 342 g/mol. The quantitative estimate of drug-likeness (QED) is 0.540. The molecule has 0 radical (unpaired) electrons. The number of aromatic nitrogens is 1. The molecule has 0 spiro atoms. The van der Waals surface area contributed by atoms with Crippen LogP contribution in [0, 0.1) is 12.8 Å². The molecule has 5 heteroatoms. The van der Waals surface area contributed by atoms with Gasteiger partial charge in [0.2, 0.25) is 5.88 Å². The summed E-state index contributed by atoms with van der Waals surface area (Å²) in [5.74, 6) is -1.65. The number of ketones is 1. The number of hydrogen-bond acceptors (Lipinski definition) is 4. The lowest BCUT2D eigenvalue weighted by Crippen LogP contribution is -2.12. The van der Waals surface area contributed by atoms with E-state index in [9.17, 15) is 19.8 Å². The third-order valence-corrected chi connectivity index (χ3v) is 4.58. The molecule has 1 heterocycles. The fourth-order valence-corrected chi connectivity index (χ4v) is 3.03. The van der Waals surface area contributed by atoms with Crippen LogP contribution in [0.3, 0.4) is 0 Å². The van der Waals surface area contributed by atoms with Crippen molar-refractivity contribution in [3.63, 3.8) is 0 Å². The second-order valence-corrected chi connectivity index (χ2v) is 7.29. The molecule has 2 N–H and O–H groups in total. The Kier molecular flexibility index (Phi) is 6.61. The number of benzene rings is 1. The summed E-state index contributed by atoms with van der Waals surface area (Å²) in [5.41, 5.74) is 2.19. The molecule has 1 atom stereocenters. The lowest BCUT2D eigenvalue weighted by atomic mass is 9.96. The van der Waals surface area contributed by atoms with E-state index in [0.29, 0.717) is 5.56 Å². The lowest BCUT2D eigenvalue weighted by molar-refractivity contribution is 0.0948. The first-order valence-electron chi connectivity index (χ1n) is 9.12. The SMILES string of the molecule is CC(C)=CCCC(C)CC(=O)c1c(O)cn(C(=O)c2ccccc2C)c1O. The summed E-state index contributed by atoms with van der Waals surface area (Å²) in [7, 11) is 0. The minimum atomic E-state index is -0.512. The maximum Gasteiger partial charge on any atom is 0.265 e. The molecule has 1 unspecified atom stereocenters. The van der Waals surface area contributed by atoms with E-state index in [-0.39, 0.29) is 29.4 Å². The number of Topliss-reactive ketones (excluding diaryl/α,β-unsaturated/α-hetero) is 1. The van der Waals surface area contributed by atoms with E-state index >= 15 is 0 Å². The van der Waals surface area contributed by atoms with Gasteiger partial charge in [-0.3, -0.25) is 9.59 Å².